The molecular weight excluding hydrogens is 500 g/mol. The monoisotopic (exact) mass is 532 g/mol. The molecule has 1 aromatic heterocycles. The molecule has 1 unspecified atom stereocenters. The first-order valence-corrected chi connectivity index (χ1v) is 12.9. The summed E-state index contributed by atoms with van der Waals surface area (Å²) in [4.78, 5) is 30.6. The quantitative estimate of drug-likeness (QED) is 0.268. The number of aliphatic hydroxyl groups is 1. The van der Waals surface area contributed by atoms with Crippen LogP contribution in [0.2, 0.25) is 0 Å². The van der Waals surface area contributed by atoms with Gasteiger partial charge in [0, 0.05) is 26.2 Å². The number of ether oxygens (including phenoxy) is 3. The first-order chi connectivity index (χ1) is 18.9. The van der Waals surface area contributed by atoms with Gasteiger partial charge in [0.25, 0.3) is 11.7 Å². The molecule has 10 nitrogen and oxygen atoms in total. The highest BCUT2D eigenvalue weighted by molar-refractivity contribution is 6.46. The van der Waals surface area contributed by atoms with E-state index in [1.165, 1.54) is 18.2 Å². The fourth-order valence-corrected chi connectivity index (χ4v) is 5.17. The van der Waals surface area contributed by atoms with Crippen LogP contribution in [0.15, 0.2) is 60.3 Å². The molecule has 204 valence electrons. The Hall–Kier alpha value is -4.15. The highest BCUT2D eigenvalue weighted by Crippen LogP contribution is 2.42. The summed E-state index contributed by atoms with van der Waals surface area (Å²) in [6, 6.07) is 13.9. The summed E-state index contributed by atoms with van der Waals surface area (Å²) in [5.74, 6) is -0.672. The van der Waals surface area contributed by atoms with Crippen LogP contribution < -0.4 is 9.47 Å². The lowest BCUT2D eigenvalue weighted by atomic mass is 9.95. The summed E-state index contributed by atoms with van der Waals surface area (Å²) in [6.07, 6.45) is 1.52. The molecule has 2 aromatic carbocycles. The van der Waals surface area contributed by atoms with Crippen LogP contribution in [0.5, 0.6) is 11.5 Å². The van der Waals surface area contributed by atoms with Gasteiger partial charge in [-0.1, -0.05) is 24.3 Å². The van der Waals surface area contributed by atoms with Crippen molar-refractivity contribution in [2.75, 3.05) is 53.6 Å². The highest BCUT2D eigenvalue weighted by Gasteiger charge is 2.46. The molecule has 0 saturated carbocycles. The van der Waals surface area contributed by atoms with Gasteiger partial charge in [-0.2, -0.15) is 5.10 Å². The number of hydrogen-bond donors (Lipinski definition) is 1. The number of morpholine rings is 1. The van der Waals surface area contributed by atoms with E-state index in [0.717, 1.165) is 18.8 Å². The maximum Gasteiger partial charge on any atom is 0.295 e. The number of benzene rings is 2. The number of carbonyl (C=O) groups is 2. The van der Waals surface area contributed by atoms with Gasteiger partial charge in [0.1, 0.15) is 5.76 Å². The summed E-state index contributed by atoms with van der Waals surface area (Å²) < 4.78 is 18.0. The number of aliphatic hydroxyl groups excluding tert-OH is 1. The van der Waals surface area contributed by atoms with Crippen molar-refractivity contribution in [1.29, 1.82) is 0 Å². The summed E-state index contributed by atoms with van der Waals surface area (Å²) in [7, 11) is 3.07. The summed E-state index contributed by atoms with van der Waals surface area (Å²) in [5, 5.41) is 16.0. The molecule has 1 N–H and O–H groups in total. The molecule has 2 fully saturated rings. The number of likely N-dealkylation sites (tertiary alicyclic amines) is 1. The predicted octanol–water partition coefficient (Wildman–Crippen LogP) is 2.95. The lowest BCUT2D eigenvalue weighted by molar-refractivity contribution is -0.140. The fourth-order valence-electron chi connectivity index (χ4n) is 5.17. The number of methoxy groups -OCH3 is 2. The van der Waals surface area contributed by atoms with Crippen LogP contribution in [0.3, 0.4) is 0 Å². The van der Waals surface area contributed by atoms with Crippen LogP contribution in [0.1, 0.15) is 22.9 Å². The zero-order valence-corrected chi connectivity index (χ0v) is 22.3. The minimum absolute atomic E-state index is 0.0184. The average Bonchev–Trinajstić information content (AvgIpc) is 3.48. The molecule has 0 bridgehead atoms. The Balaban J connectivity index is 1.59. The average molecular weight is 533 g/mol. The van der Waals surface area contributed by atoms with Gasteiger partial charge in [0.05, 0.1) is 62.2 Å². The van der Waals surface area contributed by atoms with E-state index in [1.54, 1.807) is 30.0 Å². The molecule has 2 saturated heterocycles. The van der Waals surface area contributed by atoms with Crippen LogP contribution in [0.4, 0.5) is 0 Å². The van der Waals surface area contributed by atoms with Crippen LogP contribution in [-0.2, 0) is 14.3 Å². The maximum absolute atomic E-state index is 13.5. The van der Waals surface area contributed by atoms with Crippen molar-refractivity contribution >= 4 is 17.4 Å². The maximum atomic E-state index is 13.5. The zero-order chi connectivity index (χ0) is 27.5. The molecule has 0 spiro atoms. The molecule has 3 aromatic rings. The van der Waals surface area contributed by atoms with Crippen LogP contribution in [0.25, 0.3) is 11.4 Å². The molecule has 1 atom stereocenters. The van der Waals surface area contributed by atoms with Crippen molar-refractivity contribution in [3.63, 3.8) is 0 Å². The molecular formula is C29H32N4O6. The van der Waals surface area contributed by atoms with Crippen molar-refractivity contribution in [3.8, 4) is 17.2 Å². The van der Waals surface area contributed by atoms with Crippen molar-refractivity contribution in [1.82, 2.24) is 19.6 Å². The molecule has 39 heavy (non-hydrogen) atoms. The van der Waals surface area contributed by atoms with Gasteiger partial charge in [0.15, 0.2) is 11.5 Å². The topological polar surface area (TPSA) is 106 Å². The van der Waals surface area contributed by atoms with Gasteiger partial charge in [-0.15, -0.1) is 0 Å². The van der Waals surface area contributed by atoms with E-state index in [0.29, 0.717) is 54.6 Å². The SMILES string of the molecule is COc1ccc(C2/C(=C(\O)c3cnn(-c4ccccc4)c3C)C(=O)C(=O)N2CCN2CCOCC2)cc1OC. The molecule has 2 aliphatic rings. The standard InChI is InChI=1S/C29H32N4O6/c1-19-22(18-30-33(19)21-7-5-4-6-8-21)27(34)25-26(20-9-10-23(37-2)24(17-20)38-3)32(29(36)28(25)35)12-11-31-13-15-39-16-14-31/h4-10,17-18,26,34H,11-16H2,1-3H3/b27-25+. The molecule has 2 aliphatic heterocycles. The summed E-state index contributed by atoms with van der Waals surface area (Å²) in [6.45, 7) is 5.46. The van der Waals surface area contributed by atoms with Crippen molar-refractivity contribution in [2.45, 2.75) is 13.0 Å². The van der Waals surface area contributed by atoms with Crippen LogP contribution in [-0.4, -0.2) is 90.0 Å². The number of aromatic nitrogens is 2. The smallest absolute Gasteiger partial charge is 0.295 e. The number of Topliss-reactive ketones (excluding diaryl/α,β-unsaturated/α-hetero) is 1. The second-order valence-electron chi connectivity index (χ2n) is 9.45. The Morgan fingerprint density at radius 1 is 1.03 bits per heavy atom. The molecule has 3 heterocycles. The zero-order valence-electron chi connectivity index (χ0n) is 22.3. The second kappa shape index (κ2) is 11.3. The molecule has 5 rings (SSSR count). The third-order valence-corrected chi connectivity index (χ3v) is 7.29. The normalized spacial score (nSPS) is 19.5. The highest BCUT2D eigenvalue weighted by atomic mass is 16.5. The van der Waals surface area contributed by atoms with E-state index in [1.807, 2.05) is 37.3 Å². The Bertz CT molecular complexity index is 1390. The number of amides is 1. The number of hydrogen-bond acceptors (Lipinski definition) is 8. The van der Waals surface area contributed by atoms with E-state index in [2.05, 4.69) is 10.00 Å². The predicted molar refractivity (Wildman–Crippen MR) is 144 cm³/mol. The molecule has 0 aliphatic carbocycles. The fraction of sp³-hybridized carbons (Fsp3) is 0.345. The molecule has 1 amide bonds. The number of ketones is 1. The third-order valence-electron chi connectivity index (χ3n) is 7.29. The van der Waals surface area contributed by atoms with Gasteiger partial charge in [-0.25, -0.2) is 4.68 Å². The Morgan fingerprint density at radius 3 is 2.44 bits per heavy atom. The Morgan fingerprint density at radius 2 is 1.74 bits per heavy atom. The third kappa shape index (κ3) is 5.00. The first kappa shape index (κ1) is 26.5. The largest absolute Gasteiger partial charge is 0.507 e. The van der Waals surface area contributed by atoms with Crippen LogP contribution >= 0.6 is 0 Å². The second-order valence-corrected chi connectivity index (χ2v) is 9.45. The summed E-state index contributed by atoms with van der Waals surface area (Å²) in [5.41, 5.74) is 2.49. The van der Waals surface area contributed by atoms with E-state index in [-0.39, 0.29) is 11.3 Å². The Kier molecular flexibility index (Phi) is 7.67. The van der Waals surface area contributed by atoms with Crippen molar-refractivity contribution in [3.05, 3.63) is 77.1 Å². The number of para-hydroxylation sites is 1. The van der Waals surface area contributed by atoms with E-state index in [4.69, 9.17) is 14.2 Å². The first-order valence-electron chi connectivity index (χ1n) is 12.9. The Labute approximate surface area is 227 Å². The van der Waals surface area contributed by atoms with Gasteiger partial charge >= 0.3 is 0 Å². The minimum Gasteiger partial charge on any atom is -0.507 e. The number of rotatable bonds is 8. The minimum atomic E-state index is -0.815. The van der Waals surface area contributed by atoms with Gasteiger partial charge in [-0.05, 0) is 36.8 Å². The van der Waals surface area contributed by atoms with E-state index >= 15 is 0 Å². The summed E-state index contributed by atoms with van der Waals surface area (Å²) >= 11 is 0. The number of nitrogens with zero attached hydrogens (tertiary/aromatic N) is 4. The lowest BCUT2D eigenvalue weighted by Crippen LogP contribution is -2.42. The van der Waals surface area contributed by atoms with Gasteiger partial charge < -0.3 is 24.2 Å². The van der Waals surface area contributed by atoms with E-state index < -0.39 is 17.7 Å². The van der Waals surface area contributed by atoms with Crippen molar-refractivity contribution in [2.24, 2.45) is 0 Å². The van der Waals surface area contributed by atoms with Gasteiger partial charge in [0.2, 0.25) is 0 Å². The number of carbonyl (C=O) groups excluding carboxylic acids is 2. The van der Waals surface area contributed by atoms with E-state index in [9.17, 15) is 14.7 Å². The molecule has 0 radical (unpaired) electrons. The molecule has 10 heteroatoms. The van der Waals surface area contributed by atoms with Crippen LogP contribution in [0, 0.1) is 6.92 Å². The van der Waals surface area contributed by atoms with Crippen molar-refractivity contribution < 1.29 is 28.9 Å². The lowest BCUT2D eigenvalue weighted by Gasteiger charge is -2.31. The van der Waals surface area contributed by atoms with Gasteiger partial charge in [-0.3, -0.25) is 14.5 Å².